The van der Waals surface area contributed by atoms with Crippen molar-refractivity contribution in [3.05, 3.63) is 0 Å². The third-order valence-electron chi connectivity index (χ3n) is 3.83. The van der Waals surface area contributed by atoms with Crippen molar-refractivity contribution >= 4 is 9.84 Å². The summed E-state index contributed by atoms with van der Waals surface area (Å²) in [5.41, 5.74) is 5.57. The molecule has 1 aliphatic carbocycles. The highest BCUT2D eigenvalue weighted by Crippen LogP contribution is 2.31. The lowest BCUT2D eigenvalue weighted by molar-refractivity contribution is 0.172. The lowest BCUT2D eigenvalue weighted by atomic mass is 10.0. The minimum Gasteiger partial charge on any atom is -0.394 e. The van der Waals surface area contributed by atoms with Gasteiger partial charge in [-0.3, -0.25) is 4.90 Å². The smallest absolute Gasteiger partial charge is 0.152 e. The monoisotopic (exact) mass is 248 g/mol. The lowest BCUT2D eigenvalue weighted by Crippen LogP contribution is -2.48. The van der Waals surface area contributed by atoms with Gasteiger partial charge < -0.3 is 10.8 Å². The second-order valence-corrected chi connectivity index (χ2v) is 7.41. The van der Waals surface area contributed by atoms with E-state index in [0.717, 1.165) is 19.3 Å². The fourth-order valence-electron chi connectivity index (χ4n) is 2.67. The molecule has 16 heavy (non-hydrogen) atoms. The highest BCUT2D eigenvalue weighted by molar-refractivity contribution is 7.91. The Morgan fingerprint density at radius 2 is 2.00 bits per heavy atom. The van der Waals surface area contributed by atoms with Gasteiger partial charge in [0.25, 0.3) is 0 Å². The van der Waals surface area contributed by atoms with Gasteiger partial charge in [-0.2, -0.15) is 0 Å². The van der Waals surface area contributed by atoms with Crippen molar-refractivity contribution < 1.29 is 13.5 Å². The predicted octanol–water partition coefficient (Wildman–Crippen LogP) is -1.04. The molecule has 0 radical (unpaired) electrons. The van der Waals surface area contributed by atoms with Gasteiger partial charge in [-0.25, -0.2) is 8.42 Å². The van der Waals surface area contributed by atoms with E-state index in [9.17, 15) is 13.5 Å². The summed E-state index contributed by atoms with van der Waals surface area (Å²) in [4.78, 5) is 2.21. The molecule has 5 nitrogen and oxygen atoms in total. The molecular formula is C10H20N2O3S. The molecule has 6 heteroatoms. The summed E-state index contributed by atoms with van der Waals surface area (Å²) in [6.07, 6.45) is 2.58. The fourth-order valence-corrected chi connectivity index (χ4v) is 3.90. The Morgan fingerprint density at radius 3 is 2.50 bits per heavy atom. The maximum absolute atomic E-state index is 11.3. The lowest BCUT2D eigenvalue weighted by Gasteiger charge is -2.33. The second kappa shape index (κ2) is 4.25. The molecule has 2 aliphatic rings. The molecule has 1 saturated heterocycles. The van der Waals surface area contributed by atoms with Crippen LogP contribution in [-0.2, 0) is 9.84 Å². The summed E-state index contributed by atoms with van der Waals surface area (Å²) < 4.78 is 22.6. The van der Waals surface area contributed by atoms with Crippen LogP contribution < -0.4 is 5.73 Å². The van der Waals surface area contributed by atoms with E-state index in [1.807, 2.05) is 0 Å². The maximum atomic E-state index is 11.3. The van der Waals surface area contributed by atoms with E-state index in [0.29, 0.717) is 19.1 Å². The summed E-state index contributed by atoms with van der Waals surface area (Å²) in [5.74, 6) is 0.528. The van der Waals surface area contributed by atoms with Crippen LogP contribution in [0.4, 0.5) is 0 Å². The molecule has 1 heterocycles. The topological polar surface area (TPSA) is 83.6 Å². The van der Waals surface area contributed by atoms with Gasteiger partial charge in [-0.1, -0.05) is 0 Å². The van der Waals surface area contributed by atoms with Crippen molar-refractivity contribution in [1.82, 2.24) is 4.90 Å². The van der Waals surface area contributed by atoms with Gasteiger partial charge in [-0.05, 0) is 19.3 Å². The Labute approximate surface area is 96.5 Å². The Kier molecular flexibility index (Phi) is 3.27. The molecule has 3 N–H and O–H groups in total. The van der Waals surface area contributed by atoms with Gasteiger partial charge >= 0.3 is 0 Å². The van der Waals surface area contributed by atoms with Crippen LogP contribution in [0.15, 0.2) is 0 Å². The van der Waals surface area contributed by atoms with E-state index in [-0.39, 0.29) is 18.1 Å². The first-order valence-corrected chi connectivity index (χ1v) is 7.60. The van der Waals surface area contributed by atoms with Crippen LogP contribution in [0.5, 0.6) is 0 Å². The highest BCUT2D eigenvalue weighted by atomic mass is 32.2. The zero-order chi connectivity index (χ0) is 11.8. The average molecular weight is 248 g/mol. The number of hydrogen-bond acceptors (Lipinski definition) is 5. The second-order valence-electron chi connectivity index (χ2n) is 5.10. The Morgan fingerprint density at radius 1 is 1.38 bits per heavy atom. The largest absolute Gasteiger partial charge is 0.394 e. The van der Waals surface area contributed by atoms with Gasteiger partial charge in [0.15, 0.2) is 9.84 Å². The summed E-state index contributed by atoms with van der Waals surface area (Å²) >= 11 is 0. The van der Waals surface area contributed by atoms with Crippen LogP contribution in [0.2, 0.25) is 0 Å². The molecule has 2 unspecified atom stereocenters. The van der Waals surface area contributed by atoms with E-state index in [1.165, 1.54) is 0 Å². The first kappa shape index (κ1) is 12.3. The van der Waals surface area contributed by atoms with E-state index in [4.69, 9.17) is 5.73 Å². The first-order valence-electron chi connectivity index (χ1n) is 5.78. The number of rotatable bonds is 2. The third-order valence-corrected chi connectivity index (χ3v) is 5.44. The van der Waals surface area contributed by atoms with Gasteiger partial charge in [0.05, 0.1) is 18.1 Å². The highest BCUT2D eigenvalue weighted by Gasteiger charge is 2.39. The Bertz CT molecular complexity index is 343. The predicted molar refractivity (Wildman–Crippen MR) is 61.9 cm³/mol. The van der Waals surface area contributed by atoms with E-state index in [2.05, 4.69) is 4.90 Å². The van der Waals surface area contributed by atoms with E-state index >= 15 is 0 Å². The van der Waals surface area contributed by atoms with Crippen molar-refractivity contribution in [3.63, 3.8) is 0 Å². The van der Waals surface area contributed by atoms with Gasteiger partial charge in [-0.15, -0.1) is 0 Å². The van der Waals surface area contributed by atoms with Crippen molar-refractivity contribution in [2.75, 3.05) is 31.2 Å². The van der Waals surface area contributed by atoms with Crippen LogP contribution in [0.3, 0.4) is 0 Å². The number of nitrogens with two attached hydrogens (primary N) is 1. The van der Waals surface area contributed by atoms with Crippen LogP contribution in [0, 0.1) is 0 Å². The van der Waals surface area contributed by atoms with Crippen LogP contribution in [-0.4, -0.2) is 61.2 Å². The van der Waals surface area contributed by atoms with Gasteiger partial charge in [0.1, 0.15) is 0 Å². The molecule has 0 aromatic rings. The van der Waals surface area contributed by atoms with Crippen LogP contribution >= 0.6 is 0 Å². The number of aliphatic hydroxyl groups excluding tert-OH is 1. The number of hydrogen-bond donors (Lipinski definition) is 2. The van der Waals surface area contributed by atoms with Crippen LogP contribution in [0.1, 0.15) is 19.3 Å². The SMILES string of the molecule is NC1(CO)CCC(N2CCS(=O)(=O)CC2)C1. The number of nitrogens with zero attached hydrogens (tertiary/aromatic N) is 1. The van der Waals surface area contributed by atoms with E-state index < -0.39 is 15.4 Å². The molecule has 0 aromatic carbocycles. The molecular weight excluding hydrogens is 228 g/mol. The van der Waals surface area contributed by atoms with Crippen molar-refractivity contribution in [3.8, 4) is 0 Å². The fraction of sp³-hybridized carbons (Fsp3) is 1.00. The molecule has 0 aromatic heterocycles. The van der Waals surface area contributed by atoms with Crippen molar-refractivity contribution in [2.45, 2.75) is 30.8 Å². The molecule has 2 rings (SSSR count). The molecule has 94 valence electrons. The summed E-state index contributed by atoms with van der Waals surface area (Å²) in [5, 5.41) is 9.19. The molecule has 0 spiro atoms. The number of aliphatic hydroxyl groups is 1. The minimum absolute atomic E-state index is 0.0235. The zero-order valence-electron chi connectivity index (χ0n) is 9.43. The number of sulfone groups is 1. The van der Waals surface area contributed by atoms with Crippen molar-refractivity contribution in [1.29, 1.82) is 0 Å². The zero-order valence-corrected chi connectivity index (χ0v) is 10.2. The molecule has 2 fully saturated rings. The quantitative estimate of drug-likeness (QED) is 0.652. The average Bonchev–Trinajstić information content (AvgIpc) is 2.62. The Balaban J connectivity index is 1.92. The maximum Gasteiger partial charge on any atom is 0.152 e. The molecule has 0 amide bonds. The summed E-state index contributed by atoms with van der Waals surface area (Å²) in [6, 6.07) is 0.354. The summed E-state index contributed by atoms with van der Waals surface area (Å²) in [7, 11) is -2.80. The minimum atomic E-state index is -2.80. The Hall–Kier alpha value is -0.170. The first-order chi connectivity index (χ1) is 7.44. The molecule has 1 saturated carbocycles. The van der Waals surface area contributed by atoms with Crippen molar-refractivity contribution in [2.24, 2.45) is 5.73 Å². The van der Waals surface area contributed by atoms with Crippen LogP contribution in [0.25, 0.3) is 0 Å². The molecule has 2 atom stereocenters. The summed E-state index contributed by atoms with van der Waals surface area (Å²) in [6.45, 7) is 1.26. The molecule has 0 bridgehead atoms. The van der Waals surface area contributed by atoms with Gasteiger partial charge in [0.2, 0.25) is 0 Å². The third kappa shape index (κ3) is 2.56. The van der Waals surface area contributed by atoms with Gasteiger partial charge in [0, 0.05) is 24.7 Å². The molecule has 1 aliphatic heterocycles. The standard InChI is InChI=1S/C10H20N2O3S/c11-10(8-13)2-1-9(7-10)12-3-5-16(14,15)6-4-12/h9,13H,1-8,11H2. The normalized spacial score (nSPS) is 40.0. The van der Waals surface area contributed by atoms with E-state index in [1.54, 1.807) is 0 Å².